The van der Waals surface area contributed by atoms with Crippen LogP contribution in [0.1, 0.15) is 29.5 Å². The second kappa shape index (κ2) is 13.7. The molecule has 0 radical (unpaired) electrons. The van der Waals surface area contributed by atoms with Gasteiger partial charge in [-0.1, -0.05) is 54.1 Å². The zero-order valence-corrected chi connectivity index (χ0v) is 24.7. The van der Waals surface area contributed by atoms with Crippen LogP contribution in [0.25, 0.3) is 0 Å². The van der Waals surface area contributed by atoms with E-state index in [1.807, 2.05) is 31.2 Å². The molecule has 2 N–H and O–H groups in total. The van der Waals surface area contributed by atoms with E-state index in [1.54, 1.807) is 36.4 Å². The van der Waals surface area contributed by atoms with Crippen LogP contribution in [0.5, 0.6) is 28.7 Å². The number of nitriles is 1. The van der Waals surface area contributed by atoms with E-state index in [2.05, 4.69) is 6.07 Å². The van der Waals surface area contributed by atoms with E-state index in [0.29, 0.717) is 34.3 Å². The third-order valence-electron chi connectivity index (χ3n) is 6.77. The summed E-state index contributed by atoms with van der Waals surface area (Å²) in [6, 6.07) is 25.2. The van der Waals surface area contributed by atoms with Crippen LogP contribution in [-0.4, -0.2) is 24.1 Å². The molecule has 1 aliphatic heterocycles. The van der Waals surface area contributed by atoms with Gasteiger partial charge in [0.15, 0.2) is 23.9 Å². The SMILES string of the molecule is CCOc1cc(C2C(C#N)=C(N)Oc3cc(OC(=O)COc4ccccc4[N+](=O)[O-])ccc32)ccc1OCc1ccccc1Cl. The maximum atomic E-state index is 12.5. The van der Waals surface area contributed by atoms with Crippen molar-refractivity contribution in [2.75, 3.05) is 13.2 Å². The van der Waals surface area contributed by atoms with Gasteiger partial charge in [-0.15, -0.1) is 0 Å². The molecule has 0 bridgehead atoms. The molecule has 45 heavy (non-hydrogen) atoms. The highest BCUT2D eigenvalue weighted by Crippen LogP contribution is 2.45. The molecule has 4 aromatic carbocycles. The van der Waals surface area contributed by atoms with Gasteiger partial charge in [-0.25, -0.2) is 4.79 Å². The first-order valence-corrected chi connectivity index (χ1v) is 14.1. The Bertz CT molecular complexity index is 1840. The molecule has 0 fully saturated rings. The fourth-order valence-corrected chi connectivity index (χ4v) is 4.92. The number of nitrogens with two attached hydrogens (primary N) is 1. The first-order valence-electron chi connectivity index (χ1n) is 13.7. The quantitative estimate of drug-likeness (QED) is 0.0850. The molecule has 11 nitrogen and oxygen atoms in total. The summed E-state index contributed by atoms with van der Waals surface area (Å²) in [5.41, 5.74) is 8.19. The first-order chi connectivity index (χ1) is 21.8. The number of nitrogens with zero attached hydrogens (tertiary/aromatic N) is 2. The third kappa shape index (κ3) is 6.92. The summed E-state index contributed by atoms with van der Waals surface area (Å²) in [7, 11) is 0. The largest absolute Gasteiger partial charge is 0.490 e. The lowest BCUT2D eigenvalue weighted by Gasteiger charge is -2.27. The van der Waals surface area contributed by atoms with Gasteiger partial charge in [-0.2, -0.15) is 5.26 Å². The molecule has 0 saturated heterocycles. The van der Waals surface area contributed by atoms with Crippen molar-refractivity contribution >= 4 is 23.3 Å². The summed E-state index contributed by atoms with van der Waals surface area (Å²) in [5.74, 6) is -0.227. The van der Waals surface area contributed by atoms with E-state index < -0.39 is 23.4 Å². The summed E-state index contributed by atoms with van der Waals surface area (Å²) < 4.78 is 28.4. The van der Waals surface area contributed by atoms with E-state index in [9.17, 15) is 20.2 Å². The van der Waals surface area contributed by atoms with Crippen LogP contribution in [0.2, 0.25) is 5.02 Å². The minimum Gasteiger partial charge on any atom is -0.490 e. The van der Waals surface area contributed by atoms with Crippen LogP contribution in [0.3, 0.4) is 0 Å². The third-order valence-corrected chi connectivity index (χ3v) is 7.14. The van der Waals surface area contributed by atoms with Crippen LogP contribution < -0.4 is 29.4 Å². The van der Waals surface area contributed by atoms with Crippen molar-refractivity contribution in [2.24, 2.45) is 5.73 Å². The van der Waals surface area contributed by atoms with Crippen LogP contribution >= 0.6 is 11.6 Å². The number of nitro groups is 1. The number of carbonyl (C=O) groups excluding carboxylic acids is 1. The first kappa shape index (κ1) is 30.7. The van der Waals surface area contributed by atoms with Gasteiger partial charge in [0.2, 0.25) is 5.88 Å². The van der Waals surface area contributed by atoms with E-state index in [0.717, 1.165) is 5.56 Å². The number of fused-ring (bicyclic) bond motifs is 1. The molecule has 5 rings (SSSR count). The van der Waals surface area contributed by atoms with Crippen molar-refractivity contribution in [1.29, 1.82) is 5.26 Å². The lowest BCUT2D eigenvalue weighted by Crippen LogP contribution is -2.22. The molecular formula is C33H26ClN3O8. The second-order valence-electron chi connectivity index (χ2n) is 9.63. The monoisotopic (exact) mass is 627 g/mol. The Morgan fingerprint density at radius 3 is 2.53 bits per heavy atom. The smallest absolute Gasteiger partial charge is 0.349 e. The molecule has 0 amide bonds. The highest BCUT2D eigenvalue weighted by atomic mass is 35.5. The van der Waals surface area contributed by atoms with Crippen LogP contribution in [-0.2, 0) is 11.4 Å². The highest BCUT2D eigenvalue weighted by Gasteiger charge is 2.32. The molecule has 0 spiro atoms. The van der Waals surface area contributed by atoms with Crippen LogP contribution in [0.4, 0.5) is 5.69 Å². The fourth-order valence-electron chi connectivity index (χ4n) is 4.73. The molecule has 1 unspecified atom stereocenters. The zero-order valence-electron chi connectivity index (χ0n) is 23.9. The second-order valence-corrected chi connectivity index (χ2v) is 10.0. The van der Waals surface area contributed by atoms with Gasteiger partial charge in [0.1, 0.15) is 29.7 Å². The zero-order chi connectivity index (χ0) is 31.9. The van der Waals surface area contributed by atoms with Gasteiger partial charge in [0.05, 0.1) is 17.4 Å². The van der Waals surface area contributed by atoms with Gasteiger partial charge in [0.25, 0.3) is 0 Å². The molecule has 1 heterocycles. The number of halogens is 1. The Morgan fingerprint density at radius 1 is 1.00 bits per heavy atom. The average Bonchev–Trinajstić information content (AvgIpc) is 3.03. The summed E-state index contributed by atoms with van der Waals surface area (Å²) in [4.78, 5) is 23.1. The predicted octanol–water partition coefficient (Wildman–Crippen LogP) is 6.43. The maximum Gasteiger partial charge on any atom is 0.349 e. The number of benzene rings is 4. The number of nitro benzene ring substituents is 1. The Kier molecular flexibility index (Phi) is 9.36. The van der Waals surface area contributed by atoms with Gasteiger partial charge < -0.3 is 29.4 Å². The molecule has 0 aliphatic carbocycles. The van der Waals surface area contributed by atoms with Crippen molar-refractivity contribution in [3.8, 4) is 34.8 Å². The average molecular weight is 628 g/mol. The standard InChI is InChI=1S/C33H26ClN3O8/c1-2-41-30-15-20(11-14-28(30)42-18-21-7-3-4-8-25(21)34)32-23-13-12-22(16-29(23)45-33(36)24(32)17-35)44-31(38)19-43-27-10-6-5-9-26(27)37(39)40/h3-16,32H,2,18-19,36H2,1H3. The Morgan fingerprint density at radius 2 is 1.78 bits per heavy atom. The summed E-state index contributed by atoms with van der Waals surface area (Å²) in [5, 5.41) is 21.8. The highest BCUT2D eigenvalue weighted by molar-refractivity contribution is 6.31. The van der Waals surface area contributed by atoms with Crippen molar-refractivity contribution in [3.63, 3.8) is 0 Å². The Hall–Kier alpha value is -5.73. The van der Waals surface area contributed by atoms with Crippen LogP contribution in [0, 0.1) is 21.4 Å². The van der Waals surface area contributed by atoms with E-state index >= 15 is 0 Å². The number of hydrogen-bond acceptors (Lipinski definition) is 10. The van der Waals surface area contributed by atoms with Crippen molar-refractivity contribution in [3.05, 3.63) is 128 Å². The van der Waals surface area contributed by atoms with Crippen molar-refractivity contribution < 1.29 is 33.4 Å². The van der Waals surface area contributed by atoms with E-state index in [1.165, 1.54) is 24.3 Å². The topological polar surface area (TPSA) is 156 Å². The van der Waals surface area contributed by atoms with Gasteiger partial charge in [-0.05, 0) is 42.8 Å². The minimum atomic E-state index is -0.796. The molecule has 0 aromatic heterocycles. The molecule has 228 valence electrons. The van der Waals surface area contributed by atoms with Gasteiger partial charge in [0, 0.05) is 28.3 Å². The predicted molar refractivity (Wildman–Crippen MR) is 163 cm³/mol. The Balaban J connectivity index is 1.37. The number of ether oxygens (including phenoxy) is 5. The summed E-state index contributed by atoms with van der Waals surface area (Å²) in [6.45, 7) is 1.87. The molecule has 4 aromatic rings. The van der Waals surface area contributed by atoms with Crippen molar-refractivity contribution in [2.45, 2.75) is 19.4 Å². The number of rotatable bonds is 11. The van der Waals surface area contributed by atoms with E-state index in [4.69, 9.17) is 41.0 Å². The number of allylic oxidation sites excluding steroid dienone is 1. The summed E-state index contributed by atoms with van der Waals surface area (Å²) >= 11 is 6.28. The lowest BCUT2D eigenvalue weighted by molar-refractivity contribution is -0.385. The maximum absolute atomic E-state index is 12.5. The van der Waals surface area contributed by atoms with Gasteiger partial charge >= 0.3 is 11.7 Å². The number of para-hydroxylation sites is 2. The van der Waals surface area contributed by atoms with E-state index in [-0.39, 0.29) is 41.0 Å². The Labute approximate surface area is 263 Å². The molecule has 1 aliphatic rings. The molecular weight excluding hydrogens is 602 g/mol. The van der Waals surface area contributed by atoms with Crippen LogP contribution in [0.15, 0.2) is 96.4 Å². The fraction of sp³-hybridized carbons (Fsp3) is 0.152. The van der Waals surface area contributed by atoms with Gasteiger partial charge in [-0.3, -0.25) is 10.1 Å². The minimum absolute atomic E-state index is 0.0651. The summed E-state index contributed by atoms with van der Waals surface area (Å²) in [6.07, 6.45) is 0. The lowest BCUT2D eigenvalue weighted by atomic mass is 9.83. The number of esters is 1. The molecule has 1 atom stereocenters. The number of hydrogen-bond donors (Lipinski definition) is 1. The number of carbonyl (C=O) groups is 1. The molecule has 0 saturated carbocycles. The van der Waals surface area contributed by atoms with Crippen molar-refractivity contribution in [1.82, 2.24) is 0 Å². The normalized spacial score (nSPS) is 13.6. The molecule has 12 heteroatoms.